The van der Waals surface area contributed by atoms with E-state index in [-0.39, 0.29) is 11.5 Å². The third-order valence-corrected chi connectivity index (χ3v) is 2.75. The lowest BCUT2D eigenvalue weighted by molar-refractivity contribution is 0.00759. The zero-order chi connectivity index (χ0) is 14.2. The number of likely N-dealkylation sites (tertiary alicyclic amines) is 1. The Morgan fingerprint density at radius 2 is 2.11 bits per heavy atom. The van der Waals surface area contributed by atoms with Crippen molar-refractivity contribution >= 4 is 12.1 Å². The SMILES string of the molecule is CC(C)(C)OC(=O)N1CC(c2nocc2C(=O)O)C1. The Bertz CT molecular complexity index is 496. The highest BCUT2D eigenvalue weighted by Crippen LogP contribution is 2.29. The number of rotatable bonds is 2. The van der Waals surface area contributed by atoms with Gasteiger partial charge in [-0.25, -0.2) is 9.59 Å². The summed E-state index contributed by atoms with van der Waals surface area (Å²) in [5.41, 5.74) is -0.108. The molecule has 19 heavy (non-hydrogen) atoms. The Hall–Kier alpha value is -2.05. The molecule has 0 saturated carbocycles. The van der Waals surface area contributed by atoms with Gasteiger partial charge in [0.2, 0.25) is 0 Å². The third kappa shape index (κ3) is 2.86. The second kappa shape index (κ2) is 4.56. The molecule has 0 unspecified atom stereocenters. The third-order valence-electron chi connectivity index (χ3n) is 2.75. The van der Waals surface area contributed by atoms with Gasteiger partial charge in [0.05, 0.1) is 0 Å². The Morgan fingerprint density at radius 3 is 2.63 bits per heavy atom. The van der Waals surface area contributed by atoms with Crippen molar-refractivity contribution in [3.05, 3.63) is 17.5 Å². The minimum absolute atomic E-state index is 0.0499. The average Bonchev–Trinajstić information content (AvgIpc) is 2.60. The smallest absolute Gasteiger partial charge is 0.410 e. The number of amides is 1. The number of carboxylic acids is 1. The van der Waals surface area contributed by atoms with Crippen LogP contribution in [-0.4, -0.2) is 45.9 Å². The summed E-state index contributed by atoms with van der Waals surface area (Å²) >= 11 is 0. The topological polar surface area (TPSA) is 92.9 Å². The zero-order valence-electron chi connectivity index (χ0n) is 11.0. The van der Waals surface area contributed by atoms with Gasteiger partial charge in [0.15, 0.2) is 0 Å². The van der Waals surface area contributed by atoms with Crippen LogP contribution < -0.4 is 0 Å². The van der Waals surface area contributed by atoms with Crippen LogP contribution in [0.25, 0.3) is 0 Å². The van der Waals surface area contributed by atoms with Crippen LogP contribution in [0.15, 0.2) is 10.8 Å². The molecular weight excluding hydrogens is 252 g/mol. The summed E-state index contributed by atoms with van der Waals surface area (Å²) in [7, 11) is 0. The summed E-state index contributed by atoms with van der Waals surface area (Å²) in [6.07, 6.45) is 0.706. The van der Waals surface area contributed by atoms with E-state index < -0.39 is 17.7 Å². The van der Waals surface area contributed by atoms with Gasteiger partial charge in [-0.2, -0.15) is 0 Å². The van der Waals surface area contributed by atoms with Crippen molar-refractivity contribution in [3.8, 4) is 0 Å². The van der Waals surface area contributed by atoms with Crippen molar-refractivity contribution in [3.63, 3.8) is 0 Å². The first kappa shape index (κ1) is 13.4. The van der Waals surface area contributed by atoms with Crippen molar-refractivity contribution in [2.45, 2.75) is 32.3 Å². The monoisotopic (exact) mass is 268 g/mol. The lowest BCUT2D eigenvalue weighted by Gasteiger charge is -2.38. The molecule has 2 heterocycles. The molecule has 1 aliphatic rings. The molecule has 0 spiro atoms. The van der Waals surface area contributed by atoms with Gasteiger partial charge >= 0.3 is 12.1 Å². The molecule has 1 aromatic rings. The molecule has 0 radical (unpaired) electrons. The van der Waals surface area contributed by atoms with E-state index >= 15 is 0 Å². The molecule has 1 fully saturated rings. The Labute approximate surface area is 110 Å². The highest BCUT2D eigenvalue weighted by atomic mass is 16.6. The van der Waals surface area contributed by atoms with Gasteiger partial charge in [-0.05, 0) is 20.8 Å². The van der Waals surface area contributed by atoms with Gasteiger partial charge in [-0.1, -0.05) is 5.16 Å². The lowest BCUT2D eigenvalue weighted by Crippen LogP contribution is -2.50. The summed E-state index contributed by atoms with van der Waals surface area (Å²) < 4.78 is 9.89. The number of nitrogens with zero attached hydrogens (tertiary/aromatic N) is 2. The number of hydrogen-bond acceptors (Lipinski definition) is 5. The number of aromatic nitrogens is 1. The van der Waals surface area contributed by atoms with E-state index in [2.05, 4.69) is 9.68 Å². The van der Waals surface area contributed by atoms with Crippen molar-refractivity contribution in [1.29, 1.82) is 0 Å². The quantitative estimate of drug-likeness (QED) is 0.877. The highest BCUT2D eigenvalue weighted by Gasteiger charge is 2.38. The van der Waals surface area contributed by atoms with Crippen LogP contribution in [0.3, 0.4) is 0 Å². The van der Waals surface area contributed by atoms with E-state index in [1.165, 1.54) is 4.90 Å². The second-order valence-corrected chi connectivity index (χ2v) is 5.50. The van der Waals surface area contributed by atoms with E-state index in [1.54, 1.807) is 20.8 Å². The van der Waals surface area contributed by atoms with Gasteiger partial charge in [-0.3, -0.25) is 0 Å². The van der Waals surface area contributed by atoms with Crippen LogP contribution in [0.5, 0.6) is 0 Å². The molecule has 104 valence electrons. The maximum absolute atomic E-state index is 11.7. The van der Waals surface area contributed by atoms with Crippen LogP contribution >= 0.6 is 0 Å². The standard InChI is InChI=1S/C12H16N2O5/c1-12(2,3)19-11(17)14-4-7(5-14)9-8(10(15)16)6-18-13-9/h6-7H,4-5H2,1-3H3,(H,15,16). The first-order valence-electron chi connectivity index (χ1n) is 5.93. The molecule has 0 aromatic carbocycles. The van der Waals surface area contributed by atoms with Gasteiger partial charge in [0.25, 0.3) is 0 Å². The molecule has 7 heteroatoms. The summed E-state index contributed by atoms with van der Waals surface area (Å²) in [5, 5.41) is 12.6. The molecule has 2 rings (SSSR count). The fraction of sp³-hybridized carbons (Fsp3) is 0.583. The number of hydrogen-bond donors (Lipinski definition) is 1. The van der Waals surface area contributed by atoms with E-state index in [9.17, 15) is 9.59 Å². The van der Waals surface area contributed by atoms with Gasteiger partial charge in [-0.15, -0.1) is 0 Å². The molecule has 0 bridgehead atoms. The van der Waals surface area contributed by atoms with Gasteiger partial charge in [0, 0.05) is 19.0 Å². The minimum atomic E-state index is -1.08. The van der Waals surface area contributed by atoms with E-state index in [0.29, 0.717) is 18.8 Å². The molecule has 1 aromatic heterocycles. The predicted octanol–water partition coefficient (Wildman–Crippen LogP) is 1.71. The Kier molecular flexibility index (Phi) is 3.21. The van der Waals surface area contributed by atoms with Crippen molar-refractivity contribution in [1.82, 2.24) is 10.1 Å². The van der Waals surface area contributed by atoms with Crippen LogP contribution in [0.4, 0.5) is 4.79 Å². The number of carboxylic acid groups (broad SMARTS) is 1. The molecule has 1 saturated heterocycles. The fourth-order valence-electron chi connectivity index (χ4n) is 1.83. The van der Waals surface area contributed by atoms with Crippen LogP contribution in [0, 0.1) is 0 Å². The first-order valence-corrected chi connectivity index (χ1v) is 5.93. The molecule has 1 aliphatic heterocycles. The summed E-state index contributed by atoms with van der Waals surface area (Å²) in [5.74, 6) is -1.19. The number of ether oxygens (including phenoxy) is 1. The molecule has 1 N–H and O–H groups in total. The summed E-state index contributed by atoms with van der Waals surface area (Å²) in [4.78, 5) is 24.2. The van der Waals surface area contributed by atoms with E-state index in [4.69, 9.17) is 9.84 Å². The second-order valence-electron chi connectivity index (χ2n) is 5.50. The maximum Gasteiger partial charge on any atom is 0.410 e. The molecule has 0 aliphatic carbocycles. The van der Waals surface area contributed by atoms with E-state index in [1.807, 2.05) is 0 Å². The van der Waals surface area contributed by atoms with Crippen molar-refractivity contribution in [2.24, 2.45) is 0 Å². The number of aromatic carboxylic acids is 1. The number of carbonyl (C=O) groups excluding carboxylic acids is 1. The average molecular weight is 268 g/mol. The largest absolute Gasteiger partial charge is 0.478 e. The fourth-order valence-corrected chi connectivity index (χ4v) is 1.83. The van der Waals surface area contributed by atoms with Gasteiger partial charge < -0.3 is 19.3 Å². The normalized spacial score (nSPS) is 16.1. The van der Waals surface area contributed by atoms with Crippen molar-refractivity contribution < 1.29 is 24.0 Å². The zero-order valence-corrected chi connectivity index (χ0v) is 11.0. The molecular formula is C12H16N2O5. The molecule has 0 atom stereocenters. The lowest BCUT2D eigenvalue weighted by atomic mass is 9.94. The van der Waals surface area contributed by atoms with Crippen LogP contribution in [-0.2, 0) is 4.74 Å². The summed E-state index contributed by atoms with van der Waals surface area (Å²) in [6.45, 7) is 6.16. The Morgan fingerprint density at radius 1 is 1.47 bits per heavy atom. The van der Waals surface area contributed by atoms with Crippen LogP contribution in [0.1, 0.15) is 42.7 Å². The molecule has 7 nitrogen and oxygen atoms in total. The predicted molar refractivity (Wildman–Crippen MR) is 64.0 cm³/mol. The number of carbonyl (C=O) groups is 2. The minimum Gasteiger partial charge on any atom is -0.478 e. The summed E-state index contributed by atoms with van der Waals surface area (Å²) in [6, 6.07) is 0. The van der Waals surface area contributed by atoms with Crippen LogP contribution in [0.2, 0.25) is 0 Å². The van der Waals surface area contributed by atoms with Crippen molar-refractivity contribution in [2.75, 3.05) is 13.1 Å². The Balaban J connectivity index is 1.94. The van der Waals surface area contributed by atoms with E-state index in [0.717, 1.165) is 6.26 Å². The maximum atomic E-state index is 11.7. The highest BCUT2D eigenvalue weighted by molar-refractivity contribution is 5.88. The first-order chi connectivity index (χ1) is 8.78. The van der Waals surface area contributed by atoms with Gasteiger partial charge in [0.1, 0.15) is 23.1 Å². The molecule has 1 amide bonds.